The number of halogens is 2. The van der Waals surface area contributed by atoms with E-state index in [0.717, 1.165) is 5.69 Å². The Labute approximate surface area is 135 Å². The van der Waals surface area contributed by atoms with Gasteiger partial charge in [0.05, 0.1) is 6.42 Å². The Bertz CT molecular complexity index is 639. The second-order valence-electron chi connectivity index (χ2n) is 5.56. The van der Waals surface area contributed by atoms with E-state index < -0.39 is 11.6 Å². The molecule has 0 heterocycles. The van der Waals surface area contributed by atoms with Crippen molar-refractivity contribution in [2.24, 2.45) is 0 Å². The summed E-state index contributed by atoms with van der Waals surface area (Å²) >= 11 is 0. The Balaban J connectivity index is 2.23. The number of amides is 1. The Morgan fingerprint density at radius 1 is 0.913 bits per heavy atom. The number of hydrogen-bond donors (Lipinski definition) is 0. The number of carbonyl (C=O) groups excluding carboxylic acids is 1. The van der Waals surface area contributed by atoms with Crippen molar-refractivity contribution in [3.05, 3.63) is 65.7 Å². The van der Waals surface area contributed by atoms with Crippen LogP contribution in [0.25, 0.3) is 0 Å². The average molecular weight is 318 g/mol. The van der Waals surface area contributed by atoms with Gasteiger partial charge in [0.1, 0.15) is 11.6 Å². The van der Waals surface area contributed by atoms with E-state index in [9.17, 15) is 13.6 Å². The fraction of sp³-hybridized carbons (Fsp3) is 0.278. The first-order chi connectivity index (χ1) is 11.0. The topological polar surface area (TPSA) is 23.6 Å². The van der Waals surface area contributed by atoms with Crippen molar-refractivity contribution in [2.45, 2.75) is 6.42 Å². The van der Waals surface area contributed by atoms with Gasteiger partial charge in [0.15, 0.2) is 0 Å². The molecule has 0 saturated carbocycles. The van der Waals surface area contributed by atoms with E-state index >= 15 is 0 Å². The number of para-hydroxylation sites is 1. The van der Waals surface area contributed by atoms with Gasteiger partial charge in [-0.05, 0) is 38.4 Å². The Kier molecular flexibility index (Phi) is 5.82. The summed E-state index contributed by atoms with van der Waals surface area (Å²) in [5.74, 6) is -1.72. The van der Waals surface area contributed by atoms with Gasteiger partial charge in [-0.2, -0.15) is 0 Å². The second-order valence-corrected chi connectivity index (χ2v) is 5.56. The molecule has 0 aliphatic heterocycles. The molecule has 0 spiro atoms. The highest BCUT2D eigenvalue weighted by atomic mass is 19.1. The molecule has 1 amide bonds. The van der Waals surface area contributed by atoms with Crippen LogP contribution in [0.5, 0.6) is 0 Å². The van der Waals surface area contributed by atoms with Crippen molar-refractivity contribution >= 4 is 11.6 Å². The van der Waals surface area contributed by atoms with Crippen LogP contribution in [0.3, 0.4) is 0 Å². The maximum absolute atomic E-state index is 13.8. The monoisotopic (exact) mass is 318 g/mol. The molecule has 5 heteroatoms. The molecule has 0 unspecified atom stereocenters. The van der Waals surface area contributed by atoms with E-state index in [4.69, 9.17) is 0 Å². The van der Waals surface area contributed by atoms with Crippen LogP contribution in [0.2, 0.25) is 0 Å². The van der Waals surface area contributed by atoms with Crippen molar-refractivity contribution in [1.82, 2.24) is 4.90 Å². The molecule has 0 radical (unpaired) electrons. The minimum atomic E-state index is -0.695. The molecule has 0 fully saturated rings. The summed E-state index contributed by atoms with van der Waals surface area (Å²) in [6, 6.07) is 12.8. The molecule has 3 nitrogen and oxygen atoms in total. The van der Waals surface area contributed by atoms with E-state index in [-0.39, 0.29) is 17.9 Å². The smallest absolute Gasteiger partial charge is 0.231 e. The molecule has 0 aliphatic rings. The van der Waals surface area contributed by atoms with Crippen LogP contribution >= 0.6 is 0 Å². The van der Waals surface area contributed by atoms with Gasteiger partial charge in [0.2, 0.25) is 5.91 Å². The van der Waals surface area contributed by atoms with Gasteiger partial charge in [0.25, 0.3) is 0 Å². The molecule has 122 valence electrons. The number of carbonyl (C=O) groups is 1. The third kappa shape index (κ3) is 4.60. The van der Waals surface area contributed by atoms with Crippen LogP contribution in [0.15, 0.2) is 48.5 Å². The van der Waals surface area contributed by atoms with Crippen molar-refractivity contribution < 1.29 is 13.6 Å². The van der Waals surface area contributed by atoms with Crippen LogP contribution in [0.4, 0.5) is 14.5 Å². The zero-order chi connectivity index (χ0) is 16.8. The quantitative estimate of drug-likeness (QED) is 0.817. The summed E-state index contributed by atoms with van der Waals surface area (Å²) in [7, 11) is 3.81. The number of nitrogens with zero attached hydrogens (tertiary/aromatic N) is 2. The fourth-order valence-corrected chi connectivity index (χ4v) is 2.25. The second kappa shape index (κ2) is 7.83. The number of rotatable bonds is 6. The van der Waals surface area contributed by atoms with Gasteiger partial charge in [-0.25, -0.2) is 8.78 Å². The molecule has 0 aliphatic carbocycles. The molecule has 0 atom stereocenters. The maximum atomic E-state index is 13.8. The minimum absolute atomic E-state index is 0.191. The Morgan fingerprint density at radius 3 is 2.09 bits per heavy atom. The standard InChI is InChI=1S/C18H20F2N2O/c1-21(2)11-12-22(14-7-4-3-5-8-14)18(23)13-15-16(19)9-6-10-17(15)20/h3-10H,11-13H2,1-2H3. The summed E-state index contributed by atoms with van der Waals surface area (Å²) < 4.78 is 27.5. The third-order valence-electron chi connectivity index (χ3n) is 3.53. The molecular weight excluding hydrogens is 298 g/mol. The highest BCUT2D eigenvalue weighted by molar-refractivity contribution is 5.94. The van der Waals surface area contributed by atoms with Gasteiger partial charge in [-0.1, -0.05) is 24.3 Å². The van der Waals surface area contributed by atoms with E-state index in [2.05, 4.69) is 0 Å². The predicted octanol–water partition coefficient (Wildman–Crippen LogP) is 3.10. The number of hydrogen-bond acceptors (Lipinski definition) is 2. The van der Waals surface area contributed by atoms with Gasteiger partial charge in [-0.15, -0.1) is 0 Å². The molecule has 2 rings (SSSR count). The Hall–Kier alpha value is -2.27. The van der Waals surface area contributed by atoms with E-state index in [1.54, 1.807) is 4.90 Å². The van der Waals surface area contributed by atoms with Crippen LogP contribution in [0, 0.1) is 11.6 Å². The summed E-state index contributed by atoms with van der Waals surface area (Å²) in [5, 5.41) is 0. The lowest BCUT2D eigenvalue weighted by Gasteiger charge is -2.25. The van der Waals surface area contributed by atoms with Crippen LogP contribution < -0.4 is 4.90 Å². The molecule has 0 saturated heterocycles. The largest absolute Gasteiger partial charge is 0.311 e. The molecule has 0 aromatic heterocycles. The normalized spacial score (nSPS) is 10.8. The number of likely N-dealkylation sites (N-methyl/N-ethyl adjacent to an activating group) is 1. The van der Waals surface area contributed by atoms with Crippen LogP contribution in [-0.2, 0) is 11.2 Å². The molecule has 0 bridgehead atoms. The molecule has 23 heavy (non-hydrogen) atoms. The molecule has 2 aromatic rings. The third-order valence-corrected chi connectivity index (χ3v) is 3.53. The summed E-state index contributed by atoms with van der Waals surface area (Å²) in [6.07, 6.45) is -0.305. The summed E-state index contributed by atoms with van der Waals surface area (Å²) in [6.45, 7) is 1.10. The SMILES string of the molecule is CN(C)CCN(C(=O)Cc1c(F)cccc1F)c1ccccc1. The van der Waals surface area contributed by atoms with Gasteiger partial charge in [-0.3, -0.25) is 4.79 Å². The zero-order valence-electron chi connectivity index (χ0n) is 13.3. The lowest BCUT2D eigenvalue weighted by atomic mass is 10.1. The van der Waals surface area contributed by atoms with Gasteiger partial charge >= 0.3 is 0 Å². The minimum Gasteiger partial charge on any atom is -0.311 e. The van der Waals surface area contributed by atoms with Crippen molar-refractivity contribution in [2.75, 3.05) is 32.1 Å². The van der Waals surface area contributed by atoms with Gasteiger partial charge in [0, 0.05) is 24.3 Å². The molecule has 2 aromatic carbocycles. The Morgan fingerprint density at radius 2 is 1.52 bits per heavy atom. The van der Waals surface area contributed by atoms with E-state index in [1.165, 1.54) is 18.2 Å². The first-order valence-electron chi connectivity index (χ1n) is 7.42. The lowest BCUT2D eigenvalue weighted by molar-refractivity contribution is -0.118. The first kappa shape index (κ1) is 17.1. The maximum Gasteiger partial charge on any atom is 0.231 e. The highest BCUT2D eigenvalue weighted by Crippen LogP contribution is 2.18. The van der Waals surface area contributed by atoms with Crippen molar-refractivity contribution in [1.29, 1.82) is 0 Å². The van der Waals surface area contributed by atoms with Crippen LogP contribution in [-0.4, -0.2) is 38.0 Å². The number of benzene rings is 2. The fourth-order valence-electron chi connectivity index (χ4n) is 2.25. The van der Waals surface area contributed by atoms with Gasteiger partial charge < -0.3 is 9.80 Å². The van der Waals surface area contributed by atoms with Crippen molar-refractivity contribution in [3.63, 3.8) is 0 Å². The average Bonchev–Trinajstić information content (AvgIpc) is 2.52. The van der Waals surface area contributed by atoms with Crippen molar-refractivity contribution in [3.8, 4) is 0 Å². The van der Waals surface area contributed by atoms with Crippen LogP contribution in [0.1, 0.15) is 5.56 Å². The predicted molar refractivity (Wildman–Crippen MR) is 87.4 cm³/mol. The molecule has 0 N–H and O–H groups in total. The number of anilines is 1. The highest BCUT2D eigenvalue weighted by Gasteiger charge is 2.20. The zero-order valence-corrected chi connectivity index (χ0v) is 13.3. The molecular formula is C18H20F2N2O. The summed E-state index contributed by atoms with van der Waals surface area (Å²) in [5.41, 5.74) is 0.527. The summed E-state index contributed by atoms with van der Waals surface area (Å²) in [4.78, 5) is 16.1. The lowest BCUT2D eigenvalue weighted by Crippen LogP contribution is -2.38. The van der Waals surface area contributed by atoms with E-state index in [1.807, 2.05) is 49.3 Å². The first-order valence-corrected chi connectivity index (χ1v) is 7.42. The van der Waals surface area contributed by atoms with E-state index in [0.29, 0.717) is 13.1 Å².